The van der Waals surface area contributed by atoms with Crippen molar-refractivity contribution in [1.82, 2.24) is 15.0 Å². The van der Waals surface area contributed by atoms with E-state index in [4.69, 9.17) is 16.3 Å². The van der Waals surface area contributed by atoms with Crippen molar-refractivity contribution in [3.63, 3.8) is 0 Å². The van der Waals surface area contributed by atoms with Gasteiger partial charge in [0.15, 0.2) is 11.6 Å². The van der Waals surface area contributed by atoms with Crippen LogP contribution in [0.1, 0.15) is 16.8 Å². The highest BCUT2D eigenvalue weighted by molar-refractivity contribution is 6.31. The summed E-state index contributed by atoms with van der Waals surface area (Å²) in [5.74, 6) is -0.387. The van der Waals surface area contributed by atoms with Crippen LogP contribution in [0.4, 0.5) is 40.7 Å². The number of aryl methyl sites for hydroxylation is 1. The maximum absolute atomic E-state index is 14.2. The van der Waals surface area contributed by atoms with E-state index in [1.807, 2.05) is 6.92 Å². The van der Waals surface area contributed by atoms with Gasteiger partial charge in [0.25, 0.3) is 5.95 Å². The summed E-state index contributed by atoms with van der Waals surface area (Å²) in [7, 11) is 0. The molecule has 0 radical (unpaired) electrons. The summed E-state index contributed by atoms with van der Waals surface area (Å²) >= 11 is 6.14. The predicted molar refractivity (Wildman–Crippen MR) is 147 cm³/mol. The average Bonchev–Trinajstić information content (AvgIpc) is 2.94. The number of azo groups is 1. The molecule has 3 heterocycles. The van der Waals surface area contributed by atoms with E-state index >= 15 is 0 Å². The number of anilines is 3. The third kappa shape index (κ3) is 7.33. The van der Waals surface area contributed by atoms with Gasteiger partial charge in [-0.2, -0.15) is 23.3 Å². The Labute approximate surface area is 238 Å². The molecule has 5 rings (SSSR count). The Hall–Kier alpha value is -4.16. The zero-order valence-corrected chi connectivity index (χ0v) is 22.5. The summed E-state index contributed by atoms with van der Waals surface area (Å²) in [4.78, 5) is 14.1. The average molecular weight is 586 g/mol. The van der Waals surface area contributed by atoms with E-state index in [2.05, 4.69) is 30.5 Å². The second-order valence-electron chi connectivity index (χ2n) is 9.32. The number of halogens is 5. The highest BCUT2D eigenvalue weighted by Crippen LogP contribution is 2.36. The van der Waals surface area contributed by atoms with E-state index < -0.39 is 17.6 Å². The number of ether oxygens (including phenoxy) is 1. The van der Waals surface area contributed by atoms with E-state index in [1.54, 1.807) is 41.3 Å². The Morgan fingerprint density at radius 1 is 0.976 bits per heavy atom. The first-order chi connectivity index (χ1) is 19.6. The molecule has 1 N–H and O–H groups in total. The van der Waals surface area contributed by atoms with Crippen LogP contribution >= 0.6 is 11.6 Å². The fourth-order valence-electron chi connectivity index (χ4n) is 4.26. The molecule has 212 valence electrons. The zero-order chi connectivity index (χ0) is 29.0. The topological polar surface area (TPSA) is 87.9 Å². The molecule has 0 aliphatic carbocycles. The number of hydrogen-bond donors (Lipinski definition) is 1. The largest absolute Gasteiger partial charge is 0.416 e. The van der Waals surface area contributed by atoms with E-state index in [1.165, 1.54) is 6.20 Å². The van der Waals surface area contributed by atoms with Crippen molar-refractivity contribution >= 4 is 34.7 Å². The van der Waals surface area contributed by atoms with Crippen molar-refractivity contribution in [1.29, 1.82) is 0 Å². The second kappa shape index (κ2) is 12.1. The summed E-state index contributed by atoms with van der Waals surface area (Å²) in [6.45, 7) is 3.90. The number of hydrogen-bond acceptors (Lipinski definition) is 8. The molecule has 0 atom stereocenters. The van der Waals surface area contributed by atoms with E-state index in [0.717, 1.165) is 23.9 Å². The van der Waals surface area contributed by atoms with Gasteiger partial charge in [-0.3, -0.25) is 4.98 Å². The molecule has 0 unspecified atom stereocenters. The molecule has 1 saturated heterocycles. The van der Waals surface area contributed by atoms with Gasteiger partial charge in [-0.15, -0.1) is 5.11 Å². The van der Waals surface area contributed by atoms with Gasteiger partial charge < -0.3 is 15.0 Å². The molecule has 1 aliphatic rings. The molecular formula is C28H24ClF4N7O. The molecule has 13 heteroatoms. The molecule has 2 aromatic heterocycles. The SMILES string of the molecule is Cc1cc(Cl)cc(-c2cc(Nc3ccc(CN=Nc4ncc(F)c(N5CCOCC5)n4)nc3)cc(C(F)(F)F)c2)c1. The number of aromatic nitrogens is 3. The van der Waals surface area contributed by atoms with Crippen molar-refractivity contribution < 1.29 is 22.3 Å². The number of morpholine rings is 1. The highest BCUT2D eigenvalue weighted by atomic mass is 35.5. The van der Waals surface area contributed by atoms with Gasteiger partial charge in [0.2, 0.25) is 0 Å². The molecule has 4 aromatic rings. The van der Waals surface area contributed by atoms with Gasteiger partial charge in [-0.1, -0.05) is 17.7 Å². The van der Waals surface area contributed by atoms with Gasteiger partial charge in [0.05, 0.1) is 42.6 Å². The predicted octanol–water partition coefficient (Wildman–Crippen LogP) is 7.52. The van der Waals surface area contributed by atoms with Gasteiger partial charge in [-0.05, 0) is 66.1 Å². The van der Waals surface area contributed by atoms with E-state index in [9.17, 15) is 17.6 Å². The number of benzene rings is 2. The highest BCUT2D eigenvalue weighted by Gasteiger charge is 2.31. The maximum Gasteiger partial charge on any atom is 0.416 e. The Morgan fingerprint density at radius 2 is 1.76 bits per heavy atom. The lowest BCUT2D eigenvalue weighted by Gasteiger charge is -2.27. The van der Waals surface area contributed by atoms with Crippen LogP contribution in [-0.2, 0) is 17.5 Å². The van der Waals surface area contributed by atoms with Crippen LogP contribution in [0.5, 0.6) is 0 Å². The fraction of sp³-hybridized carbons (Fsp3) is 0.250. The van der Waals surface area contributed by atoms with Crippen LogP contribution in [0.2, 0.25) is 5.02 Å². The van der Waals surface area contributed by atoms with Gasteiger partial charge in [-0.25, -0.2) is 9.37 Å². The summed E-state index contributed by atoms with van der Waals surface area (Å²) in [5.41, 5.74) is 2.26. The molecular weight excluding hydrogens is 562 g/mol. The van der Waals surface area contributed by atoms with Crippen LogP contribution in [0.25, 0.3) is 11.1 Å². The van der Waals surface area contributed by atoms with E-state index in [-0.39, 0.29) is 24.0 Å². The zero-order valence-electron chi connectivity index (χ0n) is 21.8. The Morgan fingerprint density at radius 3 is 2.46 bits per heavy atom. The monoisotopic (exact) mass is 585 g/mol. The van der Waals surface area contributed by atoms with Gasteiger partial charge in [0, 0.05) is 23.8 Å². The number of nitrogens with one attached hydrogen (secondary N) is 1. The number of nitrogens with zero attached hydrogens (tertiary/aromatic N) is 6. The first-order valence-corrected chi connectivity index (χ1v) is 13.0. The van der Waals surface area contributed by atoms with Crippen molar-refractivity contribution in [2.24, 2.45) is 10.2 Å². The summed E-state index contributed by atoms with van der Waals surface area (Å²) in [6, 6.07) is 12.2. The Kier molecular flexibility index (Phi) is 8.41. The minimum Gasteiger partial charge on any atom is -0.378 e. The number of pyridine rings is 1. The van der Waals surface area contributed by atoms with Crippen LogP contribution in [0.15, 0.2) is 71.2 Å². The lowest BCUT2D eigenvalue weighted by atomic mass is 10.00. The standard InChI is InChI=1S/C28H24ClF4N7O/c1-17-8-18(11-21(29)9-17)19-10-20(28(31,32)33)13-24(12-19)37-23-3-2-22(34-14-23)15-36-39-27-35-16-25(30)26(38-27)40-4-6-41-7-5-40/h2-3,8-14,16,37H,4-7,15H2,1H3. The molecule has 8 nitrogen and oxygen atoms in total. The minimum absolute atomic E-state index is 0.0152. The van der Waals surface area contributed by atoms with Crippen molar-refractivity contribution in [2.45, 2.75) is 19.6 Å². The fourth-order valence-corrected chi connectivity index (χ4v) is 4.55. The summed E-state index contributed by atoms with van der Waals surface area (Å²) in [6.07, 6.45) is -2.00. The molecule has 0 saturated carbocycles. The van der Waals surface area contributed by atoms with Crippen LogP contribution < -0.4 is 10.2 Å². The normalized spacial score (nSPS) is 14.0. The molecule has 41 heavy (non-hydrogen) atoms. The molecule has 1 aliphatic heterocycles. The van der Waals surface area contributed by atoms with Crippen molar-refractivity contribution in [3.8, 4) is 11.1 Å². The number of alkyl halides is 3. The summed E-state index contributed by atoms with van der Waals surface area (Å²) in [5, 5.41) is 11.5. The quantitative estimate of drug-likeness (QED) is 0.178. The number of rotatable bonds is 7. The smallest absolute Gasteiger partial charge is 0.378 e. The van der Waals surface area contributed by atoms with Crippen molar-refractivity contribution in [3.05, 3.63) is 88.6 Å². The molecule has 0 amide bonds. The van der Waals surface area contributed by atoms with E-state index in [0.29, 0.717) is 53.8 Å². The molecule has 0 bridgehead atoms. The molecule has 1 fully saturated rings. The lowest BCUT2D eigenvalue weighted by Crippen LogP contribution is -2.37. The minimum atomic E-state index is -4.54. The van der Waals surface area contributed by atoms with Crippen LogP contribution in [-0.4, -0.2) is 41.3 Å². The van der Waals surface area contributed by atoms with Gasteiger partial charge >= 0.3 is 6.18 Å². The van der Waals surface area contributed by atoms with Crippen molar-refractivity contribution in [2.75, 3.05) is 36.5 Å². The lowest BCUT2D eigenvalue weighted by molar-refractivity contribution is -0.137. The third-order valence-corrected chi connectivity index (χ3v) is 6.38. The first kappa shape index (κ1) is 28.4. The van der Waals surface area contributed by atoms with Gasteiger partial charge in [0.1, 0.15) is 6.54 Å². The van der Waals surface area contributed by atoms with Crippen LogP contribution in [0.3, 0.4) is 0 Å². The Balaban J connectivity index is 1.29. The third-order valence-electron chi connectivity index (χ3n) is 6.17. The summed E-state index contributed by atoms with van der Waals surface area (Å²) < 4.78 is 60.5. The molecule has 0 spiro atoms. The Bertz CT molecular complexity index is 1540. The molecule has 2 aromatic carbocycles. The first-order valence-electron chi connectivity index (χ1n) is 12.6. The second-order valence-corrected chi connectivity index (χ2v) is 9.75. The van der Waals surface area contributed by atoms with Crippen LogP contribution in [0, 0.1) is 12.7 Å². The maximum atomic E-state index is 14.2.